The number of methoxy groups -OCH3 is 1. The minimum absolute atomic E-state index is 0.0192. The summed E-state index contributed by atoms with van der Waals surface area (Å²) in [6.45, 7) is 5.85. The zero-order chi connectivity index (χ0) is 19.1. The number of hydrogen-bond acceptors (Lipinski definition) is 7. The van der Waals surface area contributed by atoms with Crippen molar-refractivity contribution in [1.29, 1.82) is 0 Å². The number of nitrogens with zero attached hydrogens (tertiary/aromatic N) is 4. The van der Waals surface area contributed by atoms with Crippen LogP contribution in [-0.2, 0) is 14.3 Å². The van der Waals surface area contributed by atoms with E-state index in [0.717, 1.165) is 17.7 Å². The van der Waals surface area contributed by atoms with Crippen molar-refractivity contribution in [2.45, 2.75) is 38.4 Å². The topological polar surface area (TPSA) is 99.0 Å². The van der Waals surface area contributed by atoms with Crippen molar-refractivity contribution in [1.82, 2.24) is 25.5 Å². The Labute approximate surface area is 156 Å². The van der Waals surface area contributed by atoms with Crippen LogP contribution in [0.25, 0.3) is 5.69 Å². The van der Waals surface area contributed by atoms with Crippen LogP contribution in [0.3, 0.4) is 0 Å². The van der Waals surface area contributed by atoms with E-state index in [1.165, 1.54) is 18.9 Å². The van der Waals surface area contributed by atoms with E-state index >= 15 is 0 Å². The van der Waals surface area contributed by atoms with Crippen molar-refractivity contribution in [3.05, 3.63) is 29.8 Å². The van der Waals surface area contributed by atoms with Crippen LogP contribution < -0.4 is 5.32 Å². The monoisotopic (exact) mass is 377 g/mol. The zero-order valence-electron chi connectivity index (χ0n) is 15.3. The van der Waals surface area contributed by atoms with E-state index in [1.54, 1.807) is 4.68 Å². The first-order valence-electron chi connectivity index (χ1n) is 8.31. The van der Waals surface area contributed by atoms with Gasteiger partial charge in [0.1, 0.15) is 6.04 Å². The number of thioether (sulfide) groups is 1. The molecule has 0 aliphatic rings. The van der Waals surface area contributed by atoms with Crippen LogP contribution in [0.2, 0.25) is 0 Å². The highest BCUT2D eigenvalue weighted by Crippen LogP contribution is 2.18. The van der Waals surface area contributed by atoms with Crippen LogP contribution in [0.4, 0.5) is 0 Å². The third-order valence-electron chi connectivity index (χ3n) is 4.04. The number of carbonyl (C=O) groups excluding carboxylic acids is 2. The van der Waals surface area contributed by atoms with Crippen molar-refractivity contribution in [2.75, 3.05) is 12.9 Å². The lowest BCUT2D eigenvalue weighted by Crippen LogP contribution is -2.46. The maximum Gasteiger partial charge on any atom is 0.328 e. The summed E-state index contributed by atoms with van der Waals surface area (Å²) in [6, 6.07) is 7.08. The number of aromatic nitrogens is 4. The molecule has 0 bridgehead atoms. The van der Waals surface area contributed by atoms with Crippen LogP contribution in [-0.4, -0.2) is 51.0 Å². The van der Waals surface area contributed by atoms with E-state index in [4.69, 9.17) is 4.74 Å². The highest BCUT2D eigenvalue weighted by atomic mass is 32.2. The minimum Gasteiger partial charge on any atom is -0.467 e. The minimum atomic E-state index is -0.661. The van der Waals surface area contributed by atoms with Gasteiger partial charge in [-0.2, -0.15) is 4.68 Å². The molecular weight excluding hydrogens is 354 g/mol. The number of rotatable bonds is 8. The van der Waals surface area contributed by atoms with Crippen LogP contribution in [0.5, 0.6) is 0 Å². The third kappa shape index (κ3) is 5.04. The molecule has 0 saturated heterocycles. The molecule has 0 fully saturated rings. The summed E-state index contributed by atoms with van der Waals surface area (Å²) in [6.07, 6.45) is 0.749. The quantitative estimate of drug-likeness (QED) is 0.553. The molecule has 0 aliphatic heterocycles. The Hall–Kier alpha value is -2.42. The van der Waals surface area contributed by atoms with E-state index in [2.05, 4.69) is 20.8 Å². The van der Waals surface area contributed by atoms with Crippen molar-refractivity contribution in [3.63, 3.8) is 0 Å². The molecule has 9 heteroatoms. The average molecular weight is 377 g/mol. The molecule has 2 atom stereocenters. The molecule has 8 nitrogen and oxygen atoms in total. The number of benzene rings is 1. The number of amides is 1. The Morgan fingerprint density at radius 2 is 2.00 bits per heavy atom. The molecule has 1 N–H and O–H groups in total. The lowest BCUT2D eigenvalue weighted by atomic mass is 9.99. The molecule has 0 spiro atoms. The molecule has 140 valence electrons. The maximum atomic E-state index is 12.3. The van der Waals surface area contributed by atoms with Gasteiger partial charge >= 0.3 is 5.97 Å². The number of carbonyl (C=O) groups is 2. The summed E-state index contributed by atoms with van der Waals surface area (Å²) < 4.78 is 6.35. The normalized spacial score (nSPS) is 13.1. The lowest BCUT2D eigenvalue weighted by Gasteiger charge is -2.21. The van der Waals surface area contributed by atoms with Crippen molar-refractivity contribution in [3.8, 4) is 5.69 Å². The molecule has 1 heterocycles. The second-order valence-corrected chi connectivity index (χ2v) is 6.89. The predicted molar refractivity (Wildman–Crippen MR) is 98.0 cm³/mol. The Bertz CT molecular complexity index is 747. The first-order valence-corrected chi connectivity index (χ1v) is 9.30. The second-order valence-electron chi connectivity index (χ2n) is 5.95. The summed E-state index contributed by atoms with van der Waals surface area (Å²) in [5.74, 6) is -0.642. The van der Waals surface area contributed by atoms with Gasteiger partial charge in [-0.1, -0.05) is 49.7 Å². The summed E-state index contributed by atoms with van der Waals surface area (Å²) in [7, 11) is 1.31. The number of nitrogens with one attached hydrogen (secondary N) is 1. The maximum absolute atomic E-state index is 12.3. The number of ether oxygens (including phenoxy) is 1. The molecule has 1 aromatic heterocycles. The smallest absolute Gasteiger partial charge is 0.328 e. The van der Waals surface area contributed by atoms with E-state index in [9.17, 15) is 9.59 Å². The fraction of sp³-hybridized carbons (Fsp3) is 0.471. The van der Waals surface area contributed by atoms with Gasteiger partial charge in [0.15, 0.2) is 0 Å². The fourth-order valence-corrected chi connectivity index (χ4v) is 2.96. The first-order chi connectivity index (χ1) is 12.5. The molecule has 0 unspecified atom stereocenters. The SMILES string of the molecule is CC[C@H](C)[C@@H](NC(=O)CSc1nnnn1-c1ccc(C)cc1)C(=O)OC. The Kier molecular flexibility index (Phi) is 7.14. The van der Waals surface area contributed by atoms with Crippen LogP contribution in [0, 0.1) is 12.8 Å². The summed E-state index contributed by atoms with van der Waals surface area (Å²) in [5.41, 5.74) is 1.95. The Balaban J connectivity index is 2.00. The molecule has 0 aliphatic carbocycles. The first kappa shape index (κ1) is 19.9. The molecule has 1 amide bonds. The van der Waals surface area contributed by atoms with Gasteiger partial charge in [-0.3, -0.25) is 4.79 Å². The fourth-order valence-electron chi connectivity index (χ4n) is 2.26. The van der Waals surface area contributed by atoms with Gasteiger partial charge < -0.3 is 10.1 Å². The lowest BCUT2D eigenvalue weighted by molar-refractivity contribution is -0.146. The van der Waals surface area contributed by atoms with Gasteiger partial charge in [-0.15, -0.1) is 5.10 Å². The molecule has 2 rings (SSSR count). The summed E-state index contributed by atoms with van der Waals surface area (Å²) >= 11 is 1.20. The third-order valence-corrected chi connectivity index (χ3v) is 4.96. The molecule has 26 heavy (non-hydrogen) atoms. The molecule has 1 aromatic carbocycles. The number of tetrazole rings is 1. The Morgan fingerprint density at radius 3 is 2.62 bits per heavy atom. The Morgan fingerprint density at radius 1 is 1.31 bits per heavy atom. The van der Waals surface area contributed by atoms with Gasteiger partial charge in [0, 0.05) is 0 Å². The number of aryl methyl sites for hydroxylation is 1. The highest BCUT2D eigenvalue weighted by Gasteiger charge is 2.26. The van der Waals surface area contributed by atoms with E-state index in [0.29, 0.717) is 5.16 Å². The van der Waals surface area contributed by atoms with E-state index < -0.39 is 12.0 Å². The van der Waals surface area contributed by atoms with Crippen LogP contribution in [0.15, 0.2) is 29.4 Å². The standard InChI is InChI=1S/C17H23N5O3S/c1-5-12(3)15(16(24)25-4)18-14(23)10-26-17-19-20-21-22(17)13-8-6-11(2)7-9-13/h6-9,12,15H,5,10H2,1-4H3,(H,18,23)/t12-,15+/m0/s1. The van der Waals surface area contributed by atoms with Gasteiger partial charge in [-0.25, -0.2) is 4.79 Å². The molecule has 0 saturated carbocycles. The van der Waals surface area contributed by atoms with Gasteiger partial charge in [0.05, 0.1) is 18.6 Å². The number of esters is 1. The summed E-state index contributed by atoms with van der Waals surface area (Å²) in [4.78, 5) is 24.1. The molecular formula is C17H23N5O3S. The van der Waals surface area contributed by atoms with Crippen LogP contribution in [0.1, 0.15) is 25.8 Å². The van der Waals surface area contributed by atoms with E-state index in [1.807, 2.05) is 45.0 Å². The van der Waals surface area contributed by atoms with Gasteiger partial charge in [0.2, 0.25) is 11.1 Å². The highest BCUT2D eigenvalue weighted by molar-refractivity contribution is 7.99. The largest absolute Gasteiger partial charge is 0.467 e. The molecule has 0 radical (unpaired) electrons. The average Bonchev–Trinajstić information content (AvgIpc) is 3.12. The molecule has 2 aromatic rings. The van der Waals surface area contributed by atoms with Crippen molar-refractivity contribution in [2.24, 2.45) is 5.92 Å². The van der Waals surface area contributed by atoms with E-state index in [-0.39, 0.29) is 17.6 Å². The van der Waals surface area contributed by atoms with Crippen molar-refractivity contribution < 1.29 is 14.3 Å². The van der Waals surface area contributed by atoms with Crippen LogP contribution >= 0.6 is 11.8 Å². The summed E-state index contributed by atoms with van der Waals surface area (Å²) in [5, 5.41) is 14.8. The van der Waals surface area contributed by atoms with Gasteiger partial charge in [0.25, 0.3) is 0 Å². The second kappa shape index (κ2) is 9.33. The number of hydrogen-bond donors (Lipinski definition) is 1. The predicted octanol–water partition coefficient (Wildman–Crippen LogP) is 1.77. The van der Waals surface area contributed by atoms with Gasteiger partial charge in [-0.05, 0) is 35.4 Å². The zero-order valence-corrected chi connectivity index (χ0v) is 16.1. The van der Waals surface area contributed by atoms with Crippen molar-refractivity contribution >= 4 is 23.6 Å².